The molecule has 0 aliphatic rings. The van der Waals surface area contributed by atoms with Crippen LogP contribution in [0.1, 0.15) is 84.6 Å². The van der Waals surface area contributed by atoms with Gasteiger partial charge in [0.1, 0.15) is 23.0 Å². The molecule has 0 bridgehead atoms. The molecule has 4 rings (SSSR count). The summed E-state index contributed by atoms with van der Waals surface area (Å²) in [5, 5.41) is 0. The maximum atomic E-state index is 6.23. The van der Waals surface area contributed by atoms with Crippen molar-refractivity contribution in [2.45, 2.75) is 86.0 Å². The molecule has 0 aliphatic carbocycles. The van der Waals surface area contributed by atoms with E-state index in [0.717, 1.165) is 46.6 Å². The van der Waals surface area contributed by atoms with Crippen LogP contribution >= 0.6 is 0 Å². The quantitative estimate of drug-likeness (QED) is 0.101. The van der Waals surface area contributed by atoms with Crippen LogP contribution in [0.25, 0.3) is 34.2 Å². The molecule has 7 heteroatoms. The van der Waals surface area contributed by atoms with Crippen LogP contribution in [0.2, 0.25) is 0 Å². The number of ether oxygens (including phenoxy) is 4. The van der Waals surface area contributed by atoms with Crippen LogP contribution in [0.5, 0.6) is 23.0 Å². The Morgan fingerprint density at radius 2 is 1.02 bits per heavy atom. The van der Waals surface area contributed by atoms with Gasteiger partial charge in [0.2, 0.25) is 0 Å². The van der Waals surface area contributed by atoms with Crippen molar-refractivity contribution in [1.29, 1.82) is 0 Å². The molecular formula is C40H53N3O4. The zero-order chi connectivity index (χ0) is 33.6. The van der Waals surface area contributed by atoms with E-state index in [9.17, 15) is 0 Å². The number of unbranched alkanes of at least 4 members (excludes halogenated alkanes) is 2. The van der Waals surface area contributed by atoms with E-state index in [-0.39, 0.29) is 0 Å². The molecule has 0 saturated heterocycles. The highest BCUT2D eigenvalue weighted by atomic mass is 16.5. The van der Waals surface area contributed by atoms with Gasteiger partial charge in [-0.1, -0.05) is 96.0 Å². The lowest BCUT2D eigenvalue weighted by Crippen LogP contribution is -2.11. The lowest BCUT2D eigenvalue weighted by molar-refractivity contribution is 0.232. The Kier molecular flexibility index (Phi) is 13.9. The average molecular weight is 640 g/mol. The fourth-order valence-electron chi connectivity index (χ4n) is 5.57. The normalized spacial score (nSPS) is 12.4. The average Bonchev–Trinajstić information content (AvgIpc) is 3.11. The van der Waals surface area contributed by atoms with E-state index in [1.165, 1.54) is 38.5 Å². The molecule has 4 aromatic rings. The first-order valence-corrected chi connectivity index (χ1v) is 17.4. The van der Waals surface area contributed by atoms with Crippen LogP contribution < -0.4 is 18.9 Å². The van der Waals surface area contributed by atoms with Crippen molar-refractivity contribution < 1.29 is 18.9 Å². The Bertz CT molecular complexity index is 1450. The van der Waals surface area contributed by atoms with Crippen molar-refractivity contribution in [2.75, 3.05) is 27.4 Å². The molecule has 0 spiro atoms. The highest BCUT2D eigenvalue weighted by Gasteiger charge is 2.19. The van der Waals surface area contributed by atoms with Gasteiger partial charge < -0.3 is 18.9 Å². The second kappa shape index (κ2) is 18.3. The Hall–Kier alpha value is -4.13. The number of hydrogen-bond acceptors (Lipinski definition) is 7. The van der Waals surface area contributed by atoms with Crippen LogP contribution in [0.4, 0.5) is 0 Å². The van der Waals surface area contributed by atoms with Crippen molar-refractivity contribution in [2.24, 2.45) is 11.8 Å². The maximum Gasteiger partial charge on any atom is 0.167 e. The Morgan fingerprint density at radius 3 is 1.43 bits per heavy atom. The van der Waals surface area contributed by atoms with Crippen molar-refractivity contribution in [3.63, 3.8) is 0 Å². The first-order chi connectivity index (χ1) is 22.9. The SMILES string of the molecule is CCCCC(CC)COc1ccc(-c2nc(-c3ccc(C)cc3)nc(-c3ccc(OCC(CC)CCCC)cc3OC)n2)c(OC)c1. The summed E-state index contributed by atoms with van der Waals surface area (Å²) in [6.45, 7) is 12.3. The van der Waals surface area contributed by atoms with E-state index >= 15 is 0 Å². The third-order valence-corrected chi connectivity index (χ3v) is 8.83. The first-order valence-electron chi connectivity index (χ1n) is 17.4. The van der Waals surface area contributed by atoms with E-state index in [2.05, 4.69) is 46.8 Å². The standard InChI is InChI=1S/C40H53N3O4/c1-8-12-14-29(10-3)26-46-32-20-22-34(36(24-32)44-6)39-41-38(31-18-16-28(5)17-19-31)42-40(43-39)35-23-21-33(25-37(35)45-7)47-27-30(11-4)15-13-9-2/h16-25,29-30H,8-15,26-27H2,1-7H3. The van der Waals surface area contributed by atoms with Crippen LogP contribution in [0, 0.1) is 18.8 Å². The van der Waals surface area contributed by atoms with Gasteiger partial charge in [-0.15, -0.1) is 0 Å². The summed E-state index contributed by atoms with van der Waals surface area (Å²) in [5.41, 5.74) is 3.57. The van der Waals surface area contributed by atoms with E-state index in [1.54, 1.807) is 14.2 Å². The number of aromatic nitrogens is 3. The minimum absolute atomic E-state index is 0.507. The minimum atomic E-state index is 0.507. The maximum absolute atomic E-state index is 6.23. The summed E-state index contributed by atoms with van der Waals surface area (Å²) >= 11 is 0. The van der Waals surface area contributed by atoms with Crippen LogP contribution in [-0.4, -0.2) is 42.4 Å². The van der Waals surface area contributed by atoms with Gasteiger partial charge in [-0.05, 0) is 55.9 Å². The fraction of sp³-hybridized carbons (Fsp3) is 0.475. The van der Waals surface area contributed by atoms with Gasteiger partial charge in [0.15, 0.2) is 17.5 Å². The molecule has 7 nitrogen and oxygen atoms in total. The highest BCUT2D eigenvalue weighted by molar-refractivity contribution is 5.73. The van der Waals surface area contributed by atoms with Crippen LogP contribution in [0.15, 0.2) is 60.7 Å². The highest BCUT2D eigenvalue weighted by Crippen LogP contribution is 2.37. The molecule has 47 heavy (non-hydrogen) atoms. The lowest BCUT2D eigenvalue weighted by atomic mass is 10.0. The minimum Gasteiger partial charge on any atom is -0.496 e. The Balaban J connectivity index is 1.70. The Labute approximate surface area is 282 Å². The summed E-state index contributed by atoms with van der Waals surface area (Å²) < 4.78 is 24.2. The molecule has 1 heterocycles. The number of nitrogens with zero attached hydrogens (tertiary/aromatic N) is 3. The predicted molar refractivity (Wildman–Crippen MR) is 192 cm³/mol. The molecule has 2 unspecified atom stereocenters. The van der Waals surface area contributed by atoms with Gasteiger partial charge in [-0.25, -0.2) is 15.0 Å². The number of rotatable bonds is 19. The third-order valence-electron chi connectivity index (χ3n) is 8.83. The van der Waals surface area contributed by atoms with E-state index in [0.29, 0.717) is 54.0 Å². The van der Waals surface area contributed by atoms with Gasteiger partial charge >= 0.3 is 0 Å². The van der Waals surface area contributed by atoms with Crippen molar-refractivity contribution >= 4 is 0 Å². The van der Waals surface area contributed by atoms with Crippen LogP contribution in [-0.2, 0) is 0 Å². The first kappa shape index (κ1) is 35.7. The predicted octanol–water partition coefficient (Wildman–Crippen LogP) is 10.4. The largest absolute Gasteiger partial charge is 0.496 e. The summed E-state index contributed by atoms with van der Waals surface area (Å²) in [6, 6.07) is 19.9. The van der Waals surface area contributed by atoms with Crippen molar-refractivity contribution in [3.05, 3.63) is 66.2 Å². The zero-order valence-electron chi connectivity index (χ0n) is 29.5. The number of hydrogen-bond donors (Lipinski definition) is 0. The van der Waals surface area contributed by atoms with E-state index in [4.69, 9.17) is 33.9 Å². The van der Waals surface area contributed by atoms with E-state index in [1.807, 2.05) is 48.5 Å². The molecule has 3 aromatic carbocycles. The van der Waals surface area contributed by atoms with Gasteiger partial charge in [0, 0.05) is 17.7 Å². The molecule has 0 amide bonds. The summed E-state index contributed by atoms with van der Waals surface area (Å²) in [6.07, 6.45) is 9.36. The fourth-order valence-corrected chi connectivity index (χ4v) is 5.57. The molecule has 1 aromatic heterocycles. The molecule has 0 fully saturated rings. The monoisotopic (exact) mass is 639 g/mol. The van der Waals surface area contributed by atoms with Gasteiger partial charge in [-0.3, -0.25) is 0 Å². The molecule has 0 saturated carbocycles. The Morgan fingerprint density at radius 1 is 0.574 bits per heavy atom. The number of methoxy groups -OCH3 is 2. The molecular weight excluding hydrogens is 586 g/mol. The molecule has 2 atom stereocenters. The van der Waals surface area contributed by atoms with Gasteiger partial charge in [0.25, 0.3) is 0 Å². The van der Waals surface area contributed by atoms with Gasteiger partial charge in [0.05, 0.1) is 38.6 Å². The lowest BCUT2D eigenvalue weighted by Gasteiger charge is -2.17. The van der Waals surface area contributed by atoms with E-state index < -0.39 is 0 Å². The summed E-state index contributed by atoms with van der Waals surface area (Å²) in [4.78, 5) is 14.8. The van der Waals surface area contributed by atoms with Crippen LogP contribution in [0.3, 0.4) is 0 Å². The number of aryl methyl sites for hydroxylation is 1. The zero-order valence-corrected chi connectivity index (χ0v) is 29.5. The smallest absolute Gasteiger partial charge is 0.167 e. The second-order valence-electron chi connectivity index (χ2n) is 12.4. The second-order valence-corrected chi connectivity index (χ2v) is 12.4. The third kappa shape index (κ3) is 9.93. The number of benzene rings is 3. The van der Waals surface area contributed by atoms with Crippen molar-refractivity contribution in [1.82, 2.24) is 15.0 Å². The molecule has 0 N–H and O–H groups in total. The molecule has 252 valence electrons. The topological polar surface area (TPSA) is 75.6 Å². The molecule has 0 radical (unpaired) electrons. The summed E-state index contributed by atoms with van der Waals surface area (Å²) in [7, 11) is 3.32. The van der Waals surface area contributed by atoms with Gasteiger partial charge in [-0.2, -0.15) is 0 Å². The summed E-state index contributed by atoms with van der Waals surface area (Å²) in [5.74, 6) is 5.46. The molecule has 0 aliphatic heterocycles. The van der Waals surface area contributed by atoms with Crippen molar-refractivity contribution in [3.8, 4) is 57.2 Å².